The molecule has 0 saturated heterocycles. The number of aliphatic carboxylic acids is 2. The number of carboxylic acids is 2. The molecule has 0 aromatic carbocycles. The first kappa shape index (κ1) is 55.0. The Morgan fingerprint density at radius 2 is 0.769 bits per heavy atom. The predicted octanol–water partition coefficient (Wildman–Crippen LogP) is 0.827. The van der Waals surface area contributed by atoms with Crippen molar-refractivity contribution in [3.05, 3.63) is 0 Å². The molecule has 8 nitrogen and oxygen atoms in total. The summed E-state index contributed by atoms with van der Waals surface area (Å²) >= 11 is 0. The Hall–Kier alpha value is -0.558. The third kappa shape index (κ3) is 3280. The van der Waals surface area contributed by atoms with Crippen LogP contribution in [0.1, 0.15) is 13.8 Å². The fraction of sp³-hybridized carbons (Fsp3) is 0.500. The van der Waals surface area contributed by atoms with Gasteiger partial charge in [0.15, 0.2) is 0 Å². The minimum Gasteiger partial charge on any atom is -0.481 e. The van der Waals surface area contributed by atoms with Gasteiger partial charge in [0.25, 0.3) is 11.9 Å². The molecule has 13 heavy (non-hydrogen) atoms. The Bertz CT molecular complexity index is 82.1. The molecule has 0 heterocycles. The van der Waals surface area contributed by atoms with Crippen LogP contribution in [0.5, 0.6) is 0 Å². The average molecular weight is 295 g/mol. The average Bonchev–Trinajstić information content (AvgIpc) is 1.25. The van der Waals surface area contributed by atoms with E-state index in [-0.39, 0.29) is 45.0 Å². The van der Waals surface area contributed by atoms with E-state index in [0.29, 0.717) is 0 Å². The van der Waals surface area contributed by atoms with E-state index in [1.807, 2.05) is 0 Å². The molecule has 0 spiro atoms. The normalized spacial score (nSPS) is 3.85. The van der Waals surface area contributed by atoms with Gasteiger partial charge in [-0.05, 0) is 0 Å². The topological polar surface area (TPSA) is 215 Å². The third-order valence-corrected chi connectivity index (χ3v) is 0. The van der Waals surface area contributed by atoms with E-state index in [4.69, 9.17) is 19.8 Å². The van der Waals surface area contributed by atoms with Gasteiger partial charge in [-0.3, -0.25) is 9.59 Å². The molecule has 9 heteroatoms. The first-order valence-electron chi connectivity index (χ1n) is 1.86. The van der Waals surface area contributed by atoms with Crippen molar-refractivity contribution in [2.45, 2.75) is 13.8 Å². The molecule has 0 aromatic heterocycles. The number of rotatable bonds is 0. The van der Waals surface area contributed by atoms with Crippen LogP contribution in [0.3, 0.4) is 0 Å². The molecule has 0 aliphatic rings. The summed E-state index contributed by atoms with van der Waals surface area (Å²) in [6.45, 7) is 2.17. The van der Waals surface area contributed by atoms with Crippen molar-refractivity contribution in [2.75, 3.05) is 0 Å². The van der Waals surface area contributed by atoms with Gasteiger partial charge in [-0.15, -0.1) is 0 Å². The molecule has 0 rings (SSSR count). The largest absolute Gasteiger partial charge is 0.481 e. The van der Waals surface area contributed by atoms with Crippen molar-refractivity contribution in [3.63, 3.8) is 0 Å². The van der Waals surface area contributed by atoms with Crippen LogP contribution in [0.2, 0.25) is 0 Å². The molecule has 0 aromatic rings. The second-order valence-corrected chi connectivity index (χ2v) is 1.04. The number of hydrogen-bond acceptors (Lipinski definition) is 6. The fourth-order valence-corrected chi connectivity index (χ4v) is 0. The van der Waals surface area contributed by atoms with Crippen LogP contribution < -0.4 is 24.6 Å². The number of carbonyl (C=O) groups is 2. The van der Waals surface area contributed by atoms with E-state index < -0.39 is 11.9 Å². The van der Waals surface area contributed by atoms with Crippen LogP contribution >= 0.6 is 0 Å². The van der Waals surface area contributed by atoms with E-state index in [2.05, 4.69) is 0 Å². The Balaban J connectivity index is -0.00000000800. The maximum absolute atomic E-state index is 9.00. The molecule has 0 unspecified atom stereocenters. The first-order valence-corrected chi connectivity index (χ1v) is 1.86. The van der Waals surface area contributed by atoms with E-state index >= 15 is 0 Å². The zero-order valence-electron chi connectivity index (χ0n) is 7.86. The minimum atomic E-state index is -0.833. The van der Waals surface area contributed by atoms with Crippen LogP contribution in [-0.2, 0) is 30.0 Å². The number of hydrogen-bond donors (Lipinski definition) is 6. The first-order chi connectivity index (χ1) is 3.46. The summed E-state index contributed by atoms with van der Waals surface area (Å²) in [4.78, 5) is 18.0. The molecule has 0 fully saturated rings. The van der Waals surface area contributed by atoms with Crippen molar-refractivity contribution < 1.29 is 40.2 Å². The van der Waals surface area contributed by atoms with Gasteiger partial charge in [0.2, 0.25) is 0 Å². The van der Waals surface area contributed by atoms with Gasteiger partial charge < -0.3 is 34.8 Å². The molecule has 0 saturated carbocycles. The predicted molar refractivity (Wildman–Crippen MR) is 46.7 cm³/mol. The van der Waals surface area contributed by atoms with E-state index in [1.165, 1.54) is 0 Å². The Kier molecular flexibility index (Phi) is 178. The van der Waals surface area contributed by atoms with E-state index in [9.17, 15) is 0 Å². The zero-order valence-corrected chi connectivity index (χ0v) is 9.41. The zero-order chi connectivity index (χ0) is 7.15. The number of carboxylic acid groups (broad SMARTS) is 2. The quantitative estimate of drug-likeness (QED) is 0.350. The maximum atomic E-state index is 9.00. The molecule has 0 bridgehead atoms. The minimum absolute atomic E-state index is 0. The van der Waals surface area contributed by atoms with Crippen LogP contribution in [0.25, 0.3) is 0 Å². The van der Waals surface area contributed by atoms with Gasteiger partial charge in [-0.2, -0.15) is 0 Å². The van der Waals surface area contributed by atoms with Crippen LogP contribution in [-0.4, -0.2) is 22.2 Å². The summed E-state index contributed by atoms with van der Waals surface area (Å²) in [6.07, 6.45) is 0. The molecule has 0 aliphatic carbocycles. The molecule has 0 amide bonds. The molecular weight excluding hydrogens is 274 g/mol. The molecule has 0 aliphatic heterocycles. The van der Waals surface area contributed by atoms with Gasteiger partial charge in [-0.1, -0.05) is 0 Å². The summed E-state index contributed by atoms with van der Waals surface area (Å²) in [5.41, 5.74) is 0. The van der Waals surface area contributed by atoms with E-state index in [1.54, 1.807) is 0 Å². The van der Waals surface area contributed by atoms with Crippen molar-refractivity contribution in [3.8, 4) is 0 Å². The van der Waals surface area contributed by atoms with Crippen molar-refractivity contribution in [2.24, 2.45) is 0 Å². The summed E-state index contributed by atoms with van der Waals surface area (Å²) < 4.78 is 0. The Morgan fingerprint density at radius 1 is 0.769 bits per heavy atom. The van der Waals surface area contributed by atoms with Crippen molar-refractivity contribution >= 4 is 11.9 Å². The summed E-state index contributed by atoms with van der Waals surface area (Å²) in [5, 5.41) is 14.8. The van der Waals surface area contributed by atoms with Gasteiger partial charge in [0.05, 0.1) is 0 Å². The van der Waals surface area contributed by atoms with Crippen LogP contribution in [0.15, 0.2) is 0 Å². The van der Waals surface area contributed by atoms with Crippen molar-refractivity contribution in [1.29, 1.82) is 0 Å². The van der Waals surface area contributed by atoms with Crippen LogP contribution in [0.4, 0.5) is 0 Å². The maximum Gasteiger partial charge on any atom is 0.300 e. The van der Waals surface area contributed by atoms with Gasteiger partial charge >= 0.3 is 0 Å². The van der Waals surface area contributed by atoms with Gasteiger partial charge in [0.1, 0.15) is 0 Å². The van der Waals surface area contributed by atoms with Crippen LogP contribution in [0, 0.1) is 0 Å². The second-order valence-electron chi connectivity index (χ2n) is 1.04. The SMILES string of the molecule is CC(=O)O.CC(=O)O.N.N.N.N.[Pd]. The van der Waals surface area contributed by atoms with E-state index in [0.717, 1.165) is 13.8 Å². The smallest absolute Gasteiger partial charge is 0.300 e. The molecule has 0 radical (unpaired) electrons. The summed E-state index contributed by atoms with van der Waals surface area (Å²) in [5.74, 6) is -1.67. The third-order valence-electron chi connectivity index (χ3n) is 0. The fourth-order valence-electron chi connectivity index (χ4n) is 0. The van der Waals surface area contributed by atoms with Gasteiger partial charge in [0, 0.05) is 34.3 Å². The Morgan fingerprint density at radius 3 is 0.769 bits per heavy atom. The van der Waals surface area contributed by atoms with Crippen molar-refractivity contribution in [1.82, 2.24) is 24.6 Å². The monoisotopic (exact) mass is 294 g/mol. The molecular formula is C4H20N4O4Pd. The Labute approximate surface area is 91.1 Å². The second kappa shape index (κ2) is 42.1. The standard InChI is InChI=1S/2C2H4O2.4H3N.Pd/c2*1-2(3)4;;;;;/h2*1H3,(H,3,4);4*1H3;. The van der Waals surface area contributed by atoms with Gasteiger partial charge in [-0.25, -0.2) is 0 Å². The molecule has 14 N–H and O–H groups in total. The summed E-state index contributed by atoms with van der Waals surface area (Å²) in [6, 6.07) is 0. The molecule has 90 valence electrons. The summed E-state index contributed by atoms with van der Waals surface area (Å²) in [7, 11) is 0. The molecule has 0 atom stereocenters.